The molecule has 0 aliphatic heterocycles. The van der Waals surface area contributed by atoms with Crippen LogP contribution in [0.15, 0.2) is 83.3 Å². The van der Waals surface area contributed by atoms with Crippen LogP contribution in [-0.2, 0) is 11.0 Å². The van der Waals surface area contributed by atoms with Crippen LogP contribution < -0.4 is 10.4 Å². The van der Waals surface area contributed by atoms with Crippen molar-refractivity contribution in [3.63, 3.8) is 0 Å². The first-order chi connectivity index (χ1) is 12.8. The molecule has 0 aromatic heterocycles. The average Bonchev–Trinajstić information content (AvgIpc) is 2.64. The fourth-order valence-electron chi connectivity index (χ4n) is 3.59. The zero-order valence-electron chi connectivity index (χ0n) is 18.6. The van der Waals surface area contributed by atoms with Crippen molar-refractivity contribution < 1.29 is 7.28 Å². The van der Waals surface area contributed by atoms with E-state index in [4.69, 9.17) is 16.0 Å². The minimum Gasteiger partial charge on any atom is -1.00 e. The van der Waals surface area contributed by atoms with E-state index in [1.165, 1.54) is 10.4 Å². The Morgan fingerprint density at radius 1 is 0.893 bits per heavy atom. The van der Waals surface area contributed by atoms with E-state index < -0.39 is 8.32 Å². The molecule has 144 valence electrons. The average molecular weight is 486 g/mol. The van der Waals surface area contributed by atoms with Gasteiger partial charge in [0, 0.05) is 9.50 Å². The van der Waals surface area contributed by atoms with Crippen LogP contribution in [0.1, 0.15) is 29.2 Å². The fourth-order valence-corrected chi connectivity index (χ4v) is 8.84. The third-order valence-corrected chi connectivity index (χ3v) is 10.7. The molecular formula is C23H26BrClMgOSi. The van der Waals surface area contributed by atoms with E-state index in [0.717, 1.165) is 15.1 Å². The Balaban J connectivity index is 0.00000280. The molecule has 3 aromatic rings. The van der Waals surface area contributed by atoms with Gasteiger partial charge in [-0.05, 0) is 33.1 Å². The summed E-state index contributed by atoms with van der Waals surface area (Å²) in [6, 6.07) is 27.3. The van der Waals surface area contributed by atoms with Gasteiger partial charge in [0.25, 0.3) is 8.32 Å². The summed E-state index contributed by atoms with van der Waals surface area (Å²) in [5.74, 6) is 0. The first kappa shape index (κ1) is 23.7. The van der Waals surface area contributed by atoms with Crippen LogP contribution >= 0.6 is 27.5 Å². The second-order valence-electron chi connectivity index (χ2n) is 7.69. The van der Waals surface area contributed by atoms with Gasteiger partial charge in [-0.3, -0.25) is 0 Å². The van der Waals surface area contributed by atoms with Crippen molar-refractivity contribution in [3.05, 3.63) is 93.9 Å². The molecule has 28 heavy (non-hydrogen) atoms. The quantitative estimate of drug-likeness (QED) is 0.401. The molecule has 0 unspecified atom stereocenters. The molecule has 0 fully saturated rings. The zero-order chi connectivity index (χ0) is 19.5. The molecule has 3 rings (SSSR count). The largest absolute Gasteiger partial charge is 2.00 e. The van der Waals surface area contributed by atoms with Gasteiger partial charge in [0.2, 0.25) is 0 Å². The molecule has 0 saturated carbocycles. The number of hydrogen-bond acceptors (Lipinski definition) is 1. The van der Waals surface area contributed by atoms with E-state index in [-0.39, 0.29) is 30.9 Å². The Hall–Kier alpha value is -0.627. The van der Waals surface area contributed by atoms with Crippen LogP contribution in [0.25, 0.3) is 0 Å². The zero-order valence-corrected chi connectivity index (χ0v) is 21.3. The molecule has 1 nitrogen and oxygen atoms in total. The summed E-state index contributed by atoms with van der Waals surface area (Å²) in [4.78, 5) is 0. The summed E-state index contributed by atoms with van der Waals surface area (Å²) in [6.45, 7) is 7.33. The van der Waals surface area contributed by atoms with Crippen LogP contribution in [-0.4, -0.2) is 31.4 Å². The SMILES string of the molecule is CC(C)(C)[Si](OCc1ccc(Br)cc1Cl)(c1ccccc1)c1ccccc1.[H-].[H-].[Mg+2]. The van der Waals surface area contributed by atoms with Gasteiger partial charge in [-0.15, -0.1) is 0 Å². The van der Waals surface area contributed by atoms with Crippen LogP contribution in [0.4, 0.5) is 0 Å². The van der Waals surface area contributed by atoms with E-state index in [9.17, 15) is 0 Å². The monoisotopic (exact) mass is 484 g/mol. The molecular weight excluding hydrogens is 460 g/mol. The fraction of sp³-hybridized carbons (Fsp3) is 0.217. The molecule has 0 saturated heterocycles. The maximum absolute atomic E-state index is 6.91. The van der Waals surface area contributed by atoms with Crippen molar-refractivity contribution >= 4 is 69.3 Å². The van der Waals surface area contributed by atoms with E-state index in [1.807, 2.05) is 18.2 Å². The summed E-state index contributed by atoms with van der Waals surface area (Å²) in [5.41, 5.74) is 1.01. The summed E-state index contributed by atoms with van der Waals surface area (Å²) in [7, 11) is -2.54. The third-order valence-electron chi connectivity index (χ3n) is 4.88. The van der Waals surface area contributed by atoms with Gasteiger partial charge in [0.1, 0.15) is 0 Å². The van der Waals surface area contributed by atoms with Gasteiger partial charge in [-0.2, -0.15) is 0 Å². The van der Waals surface area contributed by atoms with Crippen molar-refractivity contribution in [2.24, 2.45) is 0 Å². The molecule has 0 bridgehead atoms. The van der Waals surface area contributed by atoms with Crippen molar-refractivity contribution in [2.45, 2.75) is 32.4 Å². The van der Waals surface area contributed by atoms with E-state index >= 15 is 0 Å². The normalized spacial score (nSPS) is 11.8. The van der Waals surface area contributed by atoms with Crippen molar-refractivity contribution in [1.82, 2.24) is 0 Å². The minimum absolute atomic E-state index is 0. The van der Waals surface area contributed by atoms with Crippen LogP contribution in [0, 0.1) is 0 Å². The maximum Gasteiger partial charge on any atom is 2.00 e. The summed E-state index contributed by atoms with van der Waals surface area (Å²) in [6.07, 6.45) is 0. The Morgan fingerprint density at radius 3 is 1.82 bits per heavy atom. The Labute approximate surface area is 201 Å². The molecule has 3 aromatic carbocycles. The van der Waals surface area contributed by atoms with Crippen LogP contribution in [0.3, 0.4) is 0 Å². The van der Waals surface area contributed by atoms with Gasteiger partial charge in [0.05, 0.1) is 6.61 Å². The van der Waals surface area contributed by atoms with Gasteiger partial charge >= 0.3 is 23.1 Å². The smallest absolute Gasteiger partial charge is 1.00 e. The standard InChI is InChI=1S/C23H24BrClOSi.Mg.2H/c1-23(2,3)27(20-10-6-4-7-11-20,21-12-8-5-9-13-21)26-17-18-14-15-19(24)16-22(18)25;;;/h4-16H,17H2,1-3H3;;;/q;+2;2*-1. The molecule has 5 heteroatoms. The van der Waals surface area contributed by atoms with Crippen molar-refractivity contribution in [3.8, 4) is 0 Å². The third kappa shape index (κ3) is 4.92. The first-order valence-electron chi connectivity index (χ1n) is 9.03. The second kappa shape index (κ2) is 9.92. The topological polar surface area (TPSA) is 9.23 Å². The molecule has 0 amide bonds. The molecule has 0 N–H and O–H groups in total. The summed E-state index contributed by atoms with van der Waals surface area (Å²) in [5, 5.41) is 3.23. The molecule has 0 radical (unpaired) electrons. The number of rotatable bonds is 5. The second-order valence-corrected chi connectivity index (χ2v) is 13.3. The molecule has 0 atom stereocenters. The Kier molecular flexibility index (Phi) is 8.38. The Morgan fingerprint density at radius 2 is 1.39 bits per heavy atom. The van der Waals surface area contributed by atoms with Gasteiger partial charge < -0.3 is 7.28 Å². The molecule has 0 aliphatic rings. The van der Waals surface area contributed by atoms with Gasteiger partial charge in [-0.1, -0.05) is 115 Å². The van der Waals surface area contributed by atoms with E-state index in [2.05, 4.69) is 97.4 Å². The van der Waals surface area contributed by atoms with Gasteiger partial charge in [0.15, 0.2) is 0 Å². The summed E-state index contributed by atoms with van der Waals surface area (Å²) >= 11 is 9.95. The number of benzene rings is 3. The Bertz CT molecular complexity index is 869. The molecule has 0 spiro atoms. The predicted molar refractivity (Wildman–Crippen MR) is 130 cm³/mol. The summed E-state index contributed by atoms with van der Waals surface area (Å²) < 4.78 is 7.89. The van der Waals surface area contributed by atoms with Crippen LogP contribution in [0.2, 0.25) is 10.1 Å². The van der Waals surface area contributed by atoms with E-state index in [0.29, 0.717) is 6.61 Å². The maximum atomic E-state index is 6.91. The molecule has 0 aliphatic carbocycles. The minimum atomic E-state index is -2.54. The van der Waals surface area contributed by atoms with Gasteiger partial charge in [-0.25, -0.2) is 0 Å². The molecule has 0 heterocycles. The predicted octanol–water partition coefficient (Wildman–Crippen LogP) is 6.02. The number of halogens is 2. The number of hydrogen-bond donors (Lipinski definition) is 0. The van der Waals surface area contributed by atoms with E-state index in [1.54, 1.807) is 0 Å². The van der Waals surface area contributed by atoms with Crippen molar-refractivity contribution in [1.29, 1.82) is 0 Å². The first-order valence-corrected chi connectivity index (χ1v) is 12.1. The van der Waals surface area contributed by atoms with Crippen LogP contribution in [0.5, 0.6) is 0 Å². The van der Waals surface area contributed by atoms with Crippen molar-refractivity contribution in [2.75, 3.05) is 0 Å².